The van der Waals surface area contributed by atoms with Gasteiger partial charge in [0.05, 0.1) is 0 Å². The molecule has 0 aliphatic carbocycles. The maximum Gasteiger partial charge on any atom is 0.329 e. The van der Waals surface area contributed by atoms with Crippen molar-refractivity contribution in [2.75, 3.05) is 6.61 Å². The van der Waals surface area contributed by atoms with Gasteiger partial charge >= 0.3 is 5.97 Å². The minimum Gasteiger partial charge on any atom is -0.484 e. The van der Waals surface area contributed by atoms with Gasteiger partial charge in [0.25, 0.3) is 5.91 Å². The molecule has 0 saturated heterocycles. The number of carbonyl (C=O) groups is 2. The highest BCUT2D eigenvalue weighted by Gasteiger charge is 2.32. The summed E-state index contributed by atoms with van der Waals surface area (Å²) in [5.74, 6) is -0.528. The van der Waals surface area contributed by atoms with Crippen LogP contribution in [-0.4, -0.2) is 29.1 Å². The Hall–Kier alpha value is -2.04. The van der Waals surface area contributed by atoms with E-state index in [1.165, 1.54) is 6.92 Å². The summed E-state index contributed by atoms with van der Waals surface area (Å²) in [6, 6.07) is 7.52. The van der Waals surface area contributed by atoms with E-state index in [0.29, 0.717) is 18.1 Å². The van der Waals surface area contributed by atoms with Gasteiger partial charge in [0.1, 0.15) is 11.3 Å². The lowest BCUT2D eigenvalue weighted by Gasteiger charge is -2.24. The molecule has 1 amide bonds. The van der Waals surface area contributed by atoms with E-state index in [1.807, 2.05) is 18.2 Å². The van der Waals surface area contributed by atoms with Gasteiger partial charge in [0.15, 0.2) is 6.61 Å². The Labute approximate surface area is 125 Å². The van der Waals surface area contributed by atoms with Crippen molar-refractivity contribution in [1.82, 2.24) is 5.32 Å². The molecule has 0 heterocycles. The fraction of sp³-hybridized carbons (Fsp3) is 0.500. The van der Waals surface area contributed by atoms with Gasteiger partial charge in [0, 0.05) is 0 Å². The van der Waals surface area contributed by atoms with Crippen molar-refractivity contribution in [1.29, 1.82) is 0 Å². The molecule has 0 aromatic heterocycles. The second-order valence-electron chi connectivity index (χ2n) is 5.55. The van der Waals surface area contributed by atoms with Crippen LogP contribution in [0, 0.1) is 0 Å². The molecule has 2 N–H and O–H groups in total. The normalized spacial score (nSPS) is 13.6. The summed E-state index contributed by atoms with van der Waals surface area (Å²) < 4.78 is 5.42. The zero-order valence-corrected chi connectivity index (χ0v) is 13.0. The second kappa shape index (κ2) is 7.11. The van der Waals surface area contributed by atoms with Crippen LogP contribution in [0.4, 0.5) is 0 Å². The summed E-state index contributed by atoms with van der Waals surface area (Å²) in [4.78, 5) is 22.9. The maximum absolute atomic E-state index is 11.8. The molecule has 0 bridgehead atoms. The Kier molecular flexibility index (Phi) is 5.76. The molecule has 5 nitrogen and oxygen atoms in total. The topological polar surface area (TPSA) is 75.6 Å². The molecule has 1 atom stereocenters. The fourth-order valence-electron chi connectivity index (χ4n) is 1.75. The highest BCUT2D eigenvalue weighted by molar-refractivity contribution is 5.87. The molecule has 0 aliphatic heterocycles. The van der Waals surface area contributed by atoms with E-state index in [0.717, 1.165) is 5.56 Å². The lowest BCUT2D eigenvalue weighted by Crippen LogP contribution is -2.53. The largest absolute Gasteiger partial charge is 0.484 e. The minimum atomic E-state index is -1.26. The number of hydrogen-bond acceptors (Lipinski definition) is 3. The van der Waals surface area contributed by atoms with E-state index in [1.54, 1.807) is 13.0 Å². The van der Waals surface area contributed by atoms with Crippen LogP contribution in [0.2, 0.25) is 0 Å². The quantitative estimate of drug-likeness (QED) is 0.810. The van der Waals surface area contributed by atoms with Crippen LogP contribution in [0.25, 0.3) is 0 Å². The van der Waals surface area contributed by atoms with Crippen molar-refractivity contribution >= 4 is 11.9 Å². The van der Waals surface area contributed by atoms with Gasteiger partial charge in [-0.3, -0.25) is 4.79 Å². The zero-order chi connectivity index (χ0) is 16.0. The molecule has 0 fully saturated rings. The Balaban J connectivity index is 2.61. The molecule has 1 unspecified atom stereocenters. The predicted molar refractivity (Wildman–Crippen MR) is 80.5 cm³/mol. The number of amides is 1. The average Bonchev–Trinajstić information content (AvgIpc) is 2.45. The number of carbonyl (C=O) groups excluding carboxylic acids is 1. The maximum atomic E-state index is 11.8. The van der Waals surface area contributed by atoms with Gasteiger partial charge in [-0.05, 0) is 37.0 Å². The molecule has 1 rings (SSSR count). The number of rotatable bonds is 7. The molecule has 1 aromatic rings. The zero-order valence-electron chi connectivity index (χ0n) is 13.0. The van der Waals surface area contributed by atoms with Gasteiger partial charge in [-0.15, -0.1) is 0 Å². The van der Waals surface area contributed by atoms with Crippen molar-refractivity contribution in [3.05, 3.63) is 29.8 Å². The number of ether oxygens (including phenoxy) is 1. The Bertz CT molecular complexity index is 513. The van der Waals surface area contributed by atoms with E-state index < -0.39 is 17.4 Å². The highest BCUT2D eigenvalue weighted by atomic mass is 16.5. The molecular formula is C16H23NO4. The molecule has 116 valence electrons. The second-order valence-corrected chi connectivity index (χ2v) is 5.55. The average molecular weight is 293 g/mol. The third-order valence-corrected chi connectivity index (χ3v) is 3.49. The Morgan fingerprint density at radius 1 is 1.38 bits per heavy atom. The summed E-state index contributed by atoms with van der Waals surface area (Å²) >= 11 is 0. The van der Waals surface area contributed by atoms with Gasteiger partial charge in [0.2, 0.25) is 0 Å². The summed E-state index contributed by atoms with van der Waals surface area (Å²) in [6.07, 6.45) is 0.302. The van der Waals surface area contributed by atoms with E-state index in [9.17, 15) is 9.59 Å². The highest BCUT2D eigenvalue weighted by Crippen LogP contribution is 2.20. The van der Waals surface area contributed by atoms with Crippen LogP contribution in [0.1, 0.15) is 45.6 Å². The van der Waals surface area contributed by atoms with Crippen molar-refractivity contribution in [3.8, 4) is 5.75 Å². The van der Waals surface area contributed by atoms with Gasteiger partial charge in [-0.1, -0.05) is 32.9 Å². The summed E-state index contributed by atoms with van der Waals surface area (Å²) in [5, 5.41) is 11.6. The number of carboxylic acid groups (broad SMARTS) is 1. The first-order chi connectivity index (χ1) is 9.78. The van der Waals surface area contributed by atoms with Crippen molar-refractivity contribution in [3.63, 3.8) is 0 Å². The lowest BCUT2D eigenvalue weighted by molar-refractivity contribution is -0.147. The Morgan fingerprint density at radius 2 is 2.05 bits per heavy atom. The molecule has 5 heteroatoms. The monoisotopic (exact) mass is 293 g/mol. The summed E-state index contributed by atoms with van der Waals surface area (Å²) in [7, 11) is 0. The lowest BCUT2D eigenvalue weighted by atomic mass is 9.99. The molecule has 0 radical (unpaired) electrons. The number of hydrogen-bond donors (Lipinski definition) is 2. The molecule has 1 aromatic carbocycles. The number of aliphatic carboxylic acids is 1. The smallest absolute Gasteiger partial charge is 0.329 e. The first-order valence-electron chi connectivity index (χ1n) is 7.05. The Morgan fingerprint density at radius 3 is 2.57 bits per heavy atom. The van der Waals surface area contributed by atoms with Crippen LogP contribution < -0.4 is 10.1 Å². The fourth-order valence-corrected chi connectivity index (χ4v) is 1.75. The van der Waals surface area contributed by atoms with Crippen molar-refractivity contribution in [2.24, 2.45) is 0 Å². The number of carboxylic acids is 1. The van der Waals surface area contributed by atoms with Crippen LogP contribution >= 0.6 is 0 Å². The van der Waals surface area contributed by atoms with Crippen molar-refractivity contribution in [2.45, 2.75) is 45.6 Å². The van der Waals surface area contributed by atoms with Crippen LogP contribution in [0.3, 0.4) is 0 Å². The van der Waals surface area contributed by atoms with E-state index in [4.69, 9.17) is 9.84 Å². The first kappa shape index (κ1) is 17.0. The summed E-state index contributed by atoms with van der Waals surface area (Å²) in [5.41, 5.74) is -0.142. The molecule has 0 aliphatic rings. The molecule has 0 saturated carbocycles. The van der Waals surface area contributed by atoms with Crippen LogP contribution in [0.5, 0.6) is 5.75 Å². The minimum absolute atomic E-state index is 0.204. The van der Waals surface area contributed by atoms with Crippen molar-refractivity contribution < 1.29 is 19.4 Å². The predicted octanol–water partition coefficient (Wildman–Crippen LogP) is 2.56. The molecular weight excluding hydrogens is 270 g/mol. The molecule has 0 spiro atoms. The van der Waals surface area contributed by atoms with E-state index >= 15 is 0 Å². The van der Waals surface area contributed by atoms with Crippen LogP contribution in [0.15, 0.2) is 24.3 Å². The SMILES string of the molecule is CCC(C)(NC(=O)COc1cccc(C(C)C)c1)C(=O)O. The third kappa shape index (κ3) is 4.77. The summed E-state index contributed by atoms with van der Waals surface area (Å²) in [6.45, 7) is 7.13. The van der Waals surface area contributed by atoms with E-state index in [2.05, 4.69) is 19.2 Å². The van der Waals surface area contributed by atoms with Gasteiger partial charge in [-0.2, -0.15) is 0 Å². The standard InChI is InChI=1S/C16H23NO4/c1-5-16(4,15(19)20)17-14(18)10-21-13-8-6-7-12(9-13)11(2)3/h6-9,11H,5,10H2,1-4H3,(H,17,18)(H,19,20). The van der Waals surface area contributed by atoms with Crippen LogP contribution in [-0.2, 0) is 9.59 Å². The first-order valence-corrected chi connectivity index (χ1v) is 7.05. The van der Waals surface area contributed by atoms with E-state index in [-0.39, 0.29) is 6.61 Å². The number of benzene rings is 1. The van der Waals surface area contributed by atoms with Gasteiger partial charge in [-0.25, -0.2) is 4.79 Å². The number of nitrogens with one attached hydrogen (secondary N) is 1. The molecule has 21 heavy (non-hydrogen) atoms. The third-order valence-electron chi connectivity index (χ3n) is 3.49. The van der Waals surface area contributed by atoms with Gasteiger partial charge < -0.3 is 15.2 Å².